The van der Waals surface area contributed by atoms with Crippen molar-refractivity contribution >= 4 is 0 Å². The van der Waals surface area contributed by atoms with Gasteiger partial charge >= 0.3 is 0 Å². The zero-order chi connectivity index (χ0) is 12.6. The molecule has 2 rings (SSSR count). The number of nitrogens with zero attached hydrogens (tertiary/aromatic N) is 1. The highest BCUT2D eigenvalue weighted by atomic mass is 14.9. The smallest absolute Gasteiger partial charge is 0.201 e. The van der Waals surface area contributed by atoms with Gasteiger partial charge in [-0.05, 0) is 44.9 Å². The van der Waals surface area contributed by atoms with Gasteiger partial charge in [-0.15, -0.1) is 0 Å². The predicted molar refractivity (Wildman–Crippen MR) is 72.0 cm³/mol. The van der Waals surface area contributed by atoms with Crippen LogP contribution in [0.1, 0.15) is 22.3 Å². The highest BCUT2D eigenvalue weighted by Gasteiger charge is 2.16. The first-order valence-electron chi connectivity index (χ1n) is 6.04. The molecule has 0 aliphatic heterocycles. The van der Waals surface area contributed by atoms with E-state index < -0.39 is 0 Å². The molecule has 17 heavy (non-hydrogen) atoms. The van der Waals surface area contributed by atoms with Gasteiger partial charge in [-0.25, -0.2) is 4.57 Å². The molecule has 0 fully saturated rings. The molecule has 0 radical (unpaired) electrons. The highest BCUT2D eigenvalue weighted by Crippen LogP contribution is 2.25. The van der Waals surface area contributed by atoms with Crippen LogP contribution in [-0.4, -0.2) is 0 Å². The lowest BCUT2D eigenvalue weighted by atomic mass is 9.97. The van der Waals surface area contributed by atoms with Crippen LogP contribution < -0.4 is 4.57 Å². The van der Waals surface area contributed by atoms with Gasteiger partial charge < -0.3 is 0 Å². The Labute approximate surface area is 104 Å². The summed E-state index contributed by atoms with van der Waals surface area (Å²) in [6, 6.07) is 8.83. The number of benzene rings is 1. The molecule has 88 valence electrons. The van der Waals surface area contributed by atoms with Crippen LogP contribution in [0.2, 0.25) is 0 Å². The zero-order valence-corrected chi connectivity index (χ0v) is 11.3. The predicted octanol–water partition coefficient (Wildman–Crippen LogP) is 3.41. The first-order valence-corrected chi connectivity index (χ1v) is 6.04. The number of aryl methyl sites for hydroxylation is 4. The third-order valence-electron chi connectivity index (χ3n) is 3.48. The van der Waals surface area contributed by atoms with Crippen molar-refractivity contribution in [3.05, 3.63) is 52.7 Å². The minimum Gasteiger partial charge on any atom is -0.201 e. The van der Waals surface area contributed by atoms with E-state index in [9.17, 15) is 0 Å². The lowest BCUT2D eigenvalue weighted by Crippen LogP contribution is -2.32. The van der Waals surface area contributed by atoms with E-state index in [-0.39, 0.29) is 0 Å². The minimum absolute atomic E-state index is 1.32. The average molecular weight is 226 g/mol. The molecule has 0 saturated heterocycles. The largest absolute Gasteiger partial charge is 0.215 e. The molecule has 1 heterocycles. The second-order valence-electron chi connectivity index (χ2n) is 4.90. The molecule has 0 aliphatic rings. The fourth-order valence-electron chi connectivity index (χ4n) is 2.35. The van der Waals surface area contributed by atoms with Crippen LogP contribution in [-0.2, 0) is 7.05 Å². The van der Waals surface area contributed by atoms with Crippen LogP contribution >= 0.6 is 0 Å². The molecule has 0 aliphatic carbocycles. The molecule has 2 aromatic rings. The maximum atomic E-state index is 2.25. The monoisotopic (exact) mass is 226 g/mol. The van der Waals surface area contributed by atoms with Crippen molar-refractivity contribution in [3.8, 4) is 11.3 Å². The van der Waals surface area contributed by atoms with E-state index in [2.05, 4.69) is 69.8 Å². The standard InChI is InChI=1S/C16H20N/c1-11-6-7-15(13(3)10-11)16-14(4)12(2)8-9-17(16)5/h6-10H,1-5H3/q+1. The van der Waals surface area contributed by atoms with E-state index in [4.69, 9.17) is 0 Å². The van der Waals surface area contributed by atoms with Crippen LogP contribution in [0.15, 0.2) is 30.5 Å². The van der Waals surface area contributed by atoms with Crippen molar-refractivity contribution in [1.29, 1.82) is 0 Å². The summed E-state index contributed by atoms with van der Waals surface area (Å²) >= 11 is 0. The number of hydrogen-bond acceptors (Lipinski definition) is 0. The minimum atomic E-state index is 1.32. The summed E-state index contributed by atoms with van der Waals surface area (Å²) < 4.78 is 2.21. The Hall–Kier alpha value is -1.63. The molecule has 0 N–H and O–H groups in total. The van der Waals surface area contributed by atoms with Crippen LogP contribution in [0.4, 0.5) is 0 Å². The number of pyridine rings is 1. The third kappa shape index (κ3) is 2.10. The lowest BCUT2D eigenvalue weighted by molar-refractivity contribution is -0.660. The van der Waals surface area contributed by atoms with Crippen LogP contribution in [0, 0.1) is 27.7 Å². The van der Waals surface area contributed by atoms with Crippen molar-refractivity contribution in [3.63, 3.8) is 0 Å². The lowest BCUT2D eigenvalue weighted by Gasteiger charge is -2.09. The second kappa shape index (κ2) is 4.33. The molecule has 1 nitrogen and oxygen atoms in total. The highest BCUT2D eigenvalue weighted by molar-refractivity contribution is 5.65. The van der Waals surface area contributed by atoms with Gasteiger partial charge in [0, 0.05) is 17.2 Å². The zero-order valence-electron chi connectivity index (χ0n) is 11.3. The van der Waals surface area contributed by atoms with Gasteiger partial charge in [-0.3, -0.25) is 0 Å². The van der Waals surface area contributed by atoms with E-state index in [0.29, 0.717) is 0 Å². The van der Waals surface area contributed by atoms with Gasteiger partial charge in [0.25, 0.3) is 0 Å². The summed E-state index contributed by atoms with van der Waals surface area (Å²) in [5.74, 6) is 0. The van der Waals surface area contributed by atoms with E-state index in [1.807, 2.05) is 0 Å². The Morgan fingerprint density at radius 1 is 0.882 bits per heavy atom. The molecule has 0 bridgehead atoms. The molecule has 0 spiro atoms. The molecule has 0 amide bonds. The van der Waals surface area contributed by atoms with Gasteiger partial charge in [0.05, 0.1) is 0 Å². The van der Waals surface area contributed by atoms with E-state index in [1.54, 1.807) is 0 Å². The molecule has 1 heteroatoms. The van der Waals surface area contributed by atoms with E-state index in [0.717, 1.165) is 0 Å². The second-order valence-corrected chi connectivity index (χ2v) is 4.90. The van der Waals surface area contributed by atoms with Crippen LogP contribution in [0.5, 0.6) is 0 Å². The van der Waals surface area contributed by atoms with Crippen molar-refractivity contribution in [2.45, 2.75) is 27.7 Å². The fraction of sp³-hybridized carbons (Fsp3) is 0.312. The summed E-state index contributed by atoms with van der Waals surface area (Å²) in [5, 5.41) is 0. The topological polar surface area (TPSA) is 3.88 Å². The first kappa shape index (κ1) is 11.8. The van der Waals surface area contributed by atoms with Crippen molar-refractivity contribution in [2.75, 3.05) is 0 Å². The first-order chi connectivity index (χ1) is 8.00. The number of rotatable bonds is 1. The summed E-state index contributed by atoms with van der Waals surface area (Å²) in [5.41, 5.74) is 8.02. The molecule has 0 atom stereocenters. The summed E-state index contributed by atoms with van der Waals surface area (Å²) in [6.07, 6.45) is 2.14. The third-order valence-corrected chi connectivity index (χ3v) is 3.48. The Morgan fingerprint density at radius 2 is 1.59 bits per heavy atom. The van der Waals surface area contributed by atoms with E-state index >= 15 is 0 Å². The Kier molecular flexibility index (Phi) is 3.01. The number of aromatic nitrogens is 1. The van der Waals surface area contributed by atoms with Crippen LogP contribution in [0.25, 0.3) is 11.3 Å². The van der Waals surface area contributed by atoms with E-state index in [1.165, 1.54) is 33.5 Å². The van der Waals surface area contributed by atoms with Crippen molar-refractivity contribution < 1.29 is 4.57 Å². The van der Waals surface area contributed by atoms with Gasteiger partial charge in [0.15, 0.2) is 6.20 Å². The molecular weight excluding hydrogens is 206 g/mol. The maximum absolute atomic E-state index is 2.25. The quantitative estimate of drug-likeness (QED) is 0.656. The van der Waals surface area contributed by atoms with Gasteiger partial charge in [0.2, 0.25) is 5.69 Å². The average Bonchev–Trinajstić information content (AvgIpc) is 2.27. The van der Waals surface area contributed by atoms with Crippen molar-refractivity contribution in [1.82, 2.24) is 0 Å². The van der Waals surface area contributed by atoms with Gasteiger partial charge in [0.1, 0.15) is 7.05 Å². The molecule has 0 unspecified atom stereocenters. The summed E-state index contributed by atoms with van der Waals surface area (Å²) in [4.78, 5) is 0. The maximum Gasteiger partial charge on any atom is 0.215 e. The fourth-order valence-corrected chi connectivity index (χ4v) is 2.35. The Morgan fingerprint density at radius 3 is 2.24 bits per heavy atom. The number of hydrogen-bond donors (Lipinski definition) is 0. The normalized spacial score (nSPS) is 10.6. The summed E-state index contributed by atoms with van der Waals surface area (Å²) in [7, 11) is 2.11. The molecular formula is C16H20N+. The molecule has 1 aromatic carbocycles. The van der Waals surface area contributed by atoms with Crippen LogP contribution in [0.3, 0.4) is 0 Å². The summed E-state index contributed by atoms with van der Waals surface area (Å²) in [6.45, 7) is 8.69. The van der Waals surface area contributed by atoms with Crippen molar-refractivity contribution in [2.24, 2.45) is 7.05 Å². The Balaban J connectivity index is 2.72. The SMILES string of the molecule is Cc1ccc(-c2c(C)c(C)cc[n+]2C)c(C)c1. The Bertz CT molecular complexity index is 568. The molecule has 0 saturated carbocycles. The van der Waals surface area contributed by atoms with Gasteiger partial charge in [-0.1, -0.05) is 17.7 Å². The molecule has 1 aromatic heterocycles. The van der Waals surface area contributed by atoms with Gasteiger partial charge in [-0.2, -0.15) is 0 Å².